The molecule has 3 aliphatic heterocycles. The lowest BCUT2D eigenvalue weighted by atomic mass is 9.64. The third-order valence-corrected chi connectivity index (χ3v) is 6.86. The van der Waals surface area contributed by atoms with Gasteiger partial charge in [0.2, 0.25) is 0 Å². The first-order valence-electron chi connectivity index (χ1n) is 10.2. The number of rotatable bonds is 3. The number of carbonyl (C=O) groups excluding carboxylic acids is 3. The van der Waals surface area contributed by atoms with Gasteiger partial charge in [-0.05, 0) is 44.4 Å². The molecule has 150 valence electrons. The third kappa shape index (κ3) is 3.28. The smallest absolute Gasteiger partial charge is 0.409 e. The van der Waals surface area contributed by atoms with E-state index in [-0.39, 0.29) is 36.0 Å². The van der Waals surface area contributed by atoms with Gasteiger partial charge in [-0.15, -0.1) is 0 Å². The molecular weight excluding hydrogens is 348 g/mol. The average molecular weight is 378 g/mol. The summed E-state index contributed by atoms with van der Waals surface area (Å²) in [5.41, 5.74) is 0.276. The lowest BCUT2D eigenvalue weighted by Gasteiger charge is -2.52. The van der Waals surface area contributed by atoms with E-state index in [1.54, 1.807) is 7.05 Å². The molecule has 0 atom stereocenters. The van der Waals surface area contributed by atoms with Crippen LogP contribution in [0.2, 0.25) is 0 Å². The van der Waals surface area contributed by atoms with Crippen molar-refractivity contribution >= 4 is 18.0 Å². The zero-order valence-corrected chi connectivity index (χ0v) is 16.4. The molecule has 3 heterocycles. The summed E-state index contributed by atoms with van der Waals surface area (Å²) in [4.78, 5) is 43.5. The van der Waals surface area contributed by atoms with E-state index in [1.807, 2.05) is 11.8 Å². The number of hydrogen-bond donors (Lipinski definition) is 0. The predicted octanol–water partition coefficient (Wildman–Crippen LogP) is 1.36. The van der Waals surface area contributed by atoms with Crippen molar-refractivity contribution in [1.29, 1.82) is 0 Å². The van der Waals surface area contributed by atoms with Crippen molar-refractivity contribution in [2.45, 2.75) is 51.1 Å². The van der Waals surface area contributed by atoms with Crippen LogP contribution in [0, 0.1) is 5.41 Å². The first-order valence-corrected chi connectivity index (χ1v) is 10.2. The van der Waals surface area contributed by atoms with Gasteiger partial charge in [0.25, 0.3) is 5.91 Å². The monoisotopic (exact) mass is 378 g/mol. The van der Waals surface area contributed by atoms with E-state index >= 15 is 0 Å². The number of piperidine rings is 1. The van der Waals surface area contributed by atoms with Gasteiger partial charge in [0, 0.05) is 45.3 Å². The largest absolute Gasteiger partial charge is 0.450 e. The van der Waals surface area contributed by atoms with Crippen molar-refractivity contribution in [2.75, 3.05) is 46.4 Å². The molecule has 4 fully saturated rings. The van der Waals surface area contributed by atoms with Crippen LogP contribution >= 0.6 is 0 Å². The summed E-state index contributed by atoms with van der Waals surface area (Å²) in [5.74, 6) is -0.0615. The molecule has 1 aliphatic carbocycles. The Hall–Kier alpha value is -1.83. The van der Waals surface area contributed by atoms with Crippen LogP contribution in [0.5, 0.6) is 0 Å². The highest BCUT2D eigenvalue weighted by Crippen LogP contribution is 2.50. The lowest BCUT2D eigenvalue weighted by Crippen LogP contribution is -2.56. The summed E-state index contributed by atoms with van der Waals surface area (Å²) in [5, 5.41) is 0. The molecule has 8 heteroatoms. The van der Waals surface area contributed by atoms with Gasteiger partial charge >= 0.3 is 12.1 Å². The van der Waals surface area contributed by atoms with E-state index in [0.717, 1.165) is 58.3 Å². The number of likely N-dealkylation sites (tertiary alicyclic amines) is 2. The predicted molar refractivity (Wildman–Crippen MR) is 98.1 cm³/mol. The van der Waals surface area contributed by atoms with Gasteiger partial charge < -0.3 is 19.4 Å². The average Bonchev–Trinajstić information content (AvgIpc) is 3.17. The molecule has 1 spiro atoms. The van der Waals surface area contributed by atoms with E-state index < -0.39 is 0 Å². The highest BCUT2D eigenvalue weighted by atomic mass is 16.6. The second-order valence-corrected chi connectivity index (χ2v) is 8.60. The number of amides is 4. The third-order valence-electron chi connectivity index (χ3n) is 6.86. The van der Waals surface area contributed by atoms with Crippen LogP contribution in [0.4, 0.5) is 9.59 Å². The van der Waals surface area contributed by atoms with Gasteiger partial charge in [-0.2, -0.15) is 0 Å². The highest BCUT2D eigenvalue weighted by molar-refractivity contribution is 6.02. The first kappa shape index (κ1) is 18.5. The molecule has 4 aliphatic rings. The Morgan fingerprint density at radius 2 is 1.85 bits per heavy atom. The normalized spacial score (nSPS) is 32.5. The molecule has 0 aromatic heterocycles. The van der Waals surface area contributed by atoms with Crippen LogP contribution in [0.25, 0.3) is 0 Å². The fourth-order valence-corrected chi connectivity index (χ4v) is 5.34. The number of imide groups is 1. The fourth-order valence-electron chi connectivity index (χ4n) is 5.34. The van der Waals surface area contributed by atoms with Crippen molar-refractivity contribution in [3.63, 3.8) is 0 Å². The summed E-state index contributed by atoms with van der Waals surface area (Å²) >= 11 is 0. The van der Waals surface area contributed by atoms with Gasteiger partial charge in [-0.1, -0.05) is 0 Å². The molecule has 0 unspecified atom stereocenters. The van der Waals surface area contributed by atoms with Crippen molar-refractivity contribution in [3.05, 3.63) is 0 Å². The molecule has 0 aromatic carbocycles. The first-order chi connectivity index (χ1) is 12.9. The Morgan fingerprint density at radius 3 is 2.44 bits per heavy atom. The van der Waals surface area contributed by atoms with Crippen LogP contribution in [-0.4, -0.2) is 96.1 Å². The number of nitrogens with zero attached hydrogens (tertiary/aromatic N) is 4. The zero-order valence-electron chi connectivity index (χ0n) is 16.4. The van der Waals surface area contributed by atoms with Crippen LogP contribution in [0.1, 0.15) is 39.0 Å². The van der Waals surface area contributed by atoms with Gasteiger partial charge in [0.15, 0.2) is 0 Å². The minimum Gasteiger partial charge on any atom is -0.450 e. The maximum absolute atomic E-state index is 12.2. The Balaban J connectivity index is 1.25. The van der Waals surface area contributed by atoms with Crippen LogP contribution < -0.4 is 0 Å². The number of urea groups is 1. The Morgan fingerprint density at radius 1 is 1.15 bits per heavy atom. The number of ether oxygens (including phenoxy) is 1. The molecule has 27 heavy (non-hydrogen) atoms. The van der Waals surface area contributed by atoms with Crippen LogP contribution in [0.3, 0.4) is 0 Å². The molecule has 4 rings (SSSR count). The maximum atomic E-state index is 12.2. The fraction of sp³-hybridized carbons (Fsp3) is 0.842. The van der Waals surface area contributed by atoms with Crippen LogP contribution in [-0.2, 0) is 9.53 Å². The maximum Gasteiger partial charge on any atom is 0.409 e. The number of hydrogen-bond acceptors (Lipinski definition) is 5. The Bertz CT molecular complexity index is 625. The van der Waals surface area contributed by atoms with Gasteiger partial charge in [0.1, 0.15) is 6.54 Å². The molecule has 0 radical (unpaired) electrons. The van der Waals surface area contributed by atoms with E-state index in [0.29, 0.717) is 12.6 Å². The standard InChI is InChI=1S/C19H30N4O4/c1-3-27-18(26)22-9-6-19(13-22)10-15(11-19)21-7-4-14(5-8-21)23-16(24)12-20(2)17(23)25/h14-15H,3-13H2,1-2H3. The van der Waals surface area contributed by atoms with Crippen molar-refractivity contribution < 1.29 is 19.1 Å². The Labute approximate surface area is 160 Å². The molecule has 1 saturated carbocycles. The van der Waals surface area contributed by atoms with E-state index in [2.05, 4.69) is 4.90 Å². The summed E-state index contributed by atoms with van der Waals surface area (Å²) in [6.45, 7) is 5.98. The zero-order chi connectivity index (χ0) is 19.2. The lowest BCUT2D eigenvalue weighted by molar-refractivity contribution is -0.127. The van der Waals surface area contributed by atoms with Gasteiger partial charge in [0.05, 0.1) is 6.61 Å². The van der Waals surface area contributed by atoms with Crippen molar-refractivity contribution in [1.82, 2.24) is 19.6 Å². The van der Waals surface area contributed by atoms with E-state index in [1.165, 1.54) is 9.80 Å². The minimum absolute atomic E-state index is 0.0472. The number of likely N-dealkylation sites (N-methyl/N-ethyl adjacent to an activating group) is 1. The molecule has 0 bridgehead atoms. The topological polar surface area (TPSA) is 73.4 Å². The van der Waals surface area contributed by atoms with Crippen molar-refractivity contribution in [2.24, 2.45) is 5.41 Å². The molecular formula is C19H30N4O4. The van der Waals surface area contributed by atoms with Gasteiger partial charge in [-0.3, -0.25) is 9.69 Å². The molecule has 0 aromatic rings. The highest BCUT2D eigenvalue weighted by Gasteiger charge is 2.52. The summed E-state index contributed by atoms with van der Waals surface area (Å²) in [7, 11) is 1.68. The second-order valence-electron chi connectivity index (χ2n) is 8.60. The van der Waals surface area contributed by atoms with Crippen LogP contribution in [0.15, 0.2) is 0 Å². The van der Waals surface area contributed by atoms with E-state index in [4.69, 9.17) is 4.74 Å². The Kier molecular flexibility index (Phi) is 4.78. The second kappa shape index (κ2) is 6.96. The summed E-state index contributed by atoms with van der Waals surface area (Å²) in [6, 6.07) is 0.470. The molecule has 4 amide bonds. The molecule has 0 N–H and O–H groups in total. The quantitative estimate of drug-likeness (QED) is 0.693. The van der Waals surface area contributed by atoms with Crippen molar-refractivity contribution in [3.8, 4) is 0 Å². The molecule has 3 saturated heterocycles. The number of carbonyl (C=O) groups is 3. The van der Waals surface area contributed by atoms with Gasteiger partial charge in [-0.25, -0.2) is 9.59 Å². The van der Waals surface area contributed by atoms with E-state index in [9.17, 15) is 14.4 Å². The molecule has 8 nitrogen and oxygen atoms in total. The minimum atomic E-state index is -0.177. The SMILES string of the molecule is CCOC(=O)N1CCC2(CC(N3CCC(N4C(=O)CN(C)C4=O)CC3)C2)C1. The summed E-state index contributed by atoms with van der Waals surface area (Å²) in [6.07, 6.45) is 4.90. The summed E-state index contributed by atoms with van der Waals surface area (Å²) < 4.78 is 5.13.